The molecule has 0 radical (unpaired) electrons. The minimum absolute atomic E-state index is 0.0228. The average Bonchev–Trinajstić information content (AvgIpc) is 2.36. The van der Waals surface area contributed by atoms with Crippen LogP contribution in [0.3, 0.4) is 0 Å². The molecule has 0 aliphatic rings. The molecule has 0 unspecified atom stereocenters. The first-order valence-corrected chi connectivity index (χ1v) is 6.89. The molecular weight excluding hydrogens is 328 g/mol. The van der Waals surface area contributed by atoms with E-state index in [0.717, 1.165) is 10.0 Å². The number of ketones is 1. The van der Waals surface area contributed by atoms with Crippen LogP contribution in [-0.4, -0.2) is 5.78 Å². The van der Waals surface area contributed by atoms with Gasteiger partial charge in [-0.05, 0) is 71.7 Å². The predicted octanol–water partition coefficient (Wildman–Crippen LogP) is 5.41. The second-order valence-electron chi connectivity index (χ2n) is 4.21. The Morgan fingerprint density at radius 2 is 1.95 bits per heavy atom. The average molecular weight is 340 g/mol. The molecule has 0 aliphatic heterocycles. The topological polar surface area (TPSA) is 26.3 Å². The van der Waals surface area contributed by atoms with E-state index >= 15 is 0 Å². The van der Waals surface area contributed by atoms with Gasteiger partial charge in [0, 0.05) is 10.6 Å². The number of Topliss-reactive ketones (excluding diaryl/α,β-unsaturated/α-hetero) is 1. The van der Waals surface area contributed by atoms with Gasteiger partial charge in [0.2, 0.25) is 0 Å². The second kappa shape index (κ2) is 5.76. The zero-order valence-corrected chi connectivity index (χ0v) is 12.9. The Balaban J connectivity index is 2.28. The van der Waals surface area contributed by atoms with Crippen molar-refractivity contribution in [2.24, 2.45) is 0 Å². The largest absolute Gasteiger partial charge is 0.456 e. The van der Waals surface area contributed by atoms with Gasteiger partial charge < -0.3 is 4.74 Å². The Labute approximate surface area is 125 Å². The summed E-state index contributed by atoms with van der Waals surface area (Å²) in [6.45, 7) is 3.45. The molecule has 4 heteroatoms. The number of carbonyl (C=O) groups excluding carboxylic acids is 1. The van der Waals surface area contributed by atoms with E-state index < -0.39 is 0 Å². The highest BCUT2D eigenvalue weighted by atomic mass is 79.9. The van der Waals surface area contributed by atoms with Gasteiger partial charge in [0.05, 0.1) is 4.47 Å². The molecule has 2 nitrogen and oxygen atoms in total. The number of carbonyl (C=O) groups is 1. The fourth-order valence-corrected chi connectivity index (χ4v) is 2.19. The molecule has 0 saturated heterocycles. The molecule has 0 atom stereocenters. The molecule has 0 aromatic heterocycles. The second-order valence-corrected chi connectivity index (χ2v) is 5.48. The highest BCUT2D eigenvalue weighted by molar-refractivity contribution is 9.10. The van der Waals surface area contributed by atoms with Crippen LogP contribution in [0.15, 0.2) is 40.9 Å². The summed E-state index contributed by atoms with van der Waals surface area (Å²) in [7, 11) is 0. The van der Waals surface area contributed by atoms with Crippen LogP contribution in [0.1, 0.15) is 22.8 Å². The van der Waals surface area contributed by atoms with E-state index in [1.807, 2.05) is 13.0 Å². The van der Waals surface area contributed by atoms with E-state index in [0.29, 0.717) is 22.1 Å². The van der Waals surface area contributed by atoms with Gasteiger partial charge in [-0.3, -0.25) is 4.79 Å². The third-order valence-electron chi connectivity index (χ3n) is 2.70. The molecule has 0 spiro atoms. The van der Waals surface area contributed by atoms with E-state index in [-0.39, 0.29) is 5.78 Å². The lowest BCUT2D eigenvalue weighted by Gasteiger charge is -2.09. The van der Waals surface area contributed by atoms with Crippen molar-refractivity contribution in [1.82, 2.24) is 0 Å². The third-order valence-corrected chi connectivity index (χ3v) is 3.74. The van der Waals surface area contributed by atoms with E-state index in [2.05, 4.69) is 15.9 Å². The van der Waals surface area contributed by atoms with Crippen molar-refractivity contribution >= 4 is 33.3 Å². The maximum absolute atomic E-state index is 11.3. The van der Waals surface area contributed by atoms with Crippen LogP contribution < -0.4 is 4.74 Å². The first-order valence-electron chi connectivity index (χ1n) is 5.72. The Bertz CT molecular complexity index is 638. The molecule has 0 N–H and O–H groups in total. The predicted molar refractivity (Wildman–Crippen MR) is 80.4 cm³/mol. The van der Waals surface area contributed by atoms with Gasteiger partial charge in [0.1, 0.15) is 11.5 Å². The lowest BCUT2D eigenvalue weighted by atomic mass is 10.1. The molecule has 0 fully saturated rings. The Kier molecular flexibility index (Phi) is 4.27. The van der Waals surface area contributed by atoms with Crippen molar-refractivity contribution < 1.29 is 9.53 Å². The summed E-state index contributed by atoms with van der Waals surface area (Å²) in [5, 5.41) is 0.707. The smallest absolute Gasteiger partial charge is 0.159 e. The normalized spacial score (nSPS) is 10.3. The summed E-state index contributed by atoms with van der Waals surface area (Å²) in [5.74, 6) is 1.39. The van der Waals surface area contributed by atoms with Gasteiger partial charge in [0.15, 0.2) is 5.78 Å². The lowest BCUT2D eigenvalue weighted by Crippen LogP contribution is -1.93. The zero-order chi connectivity index (χ0) is 14.0. The number of hydrogen-bond acceptors (Lipinski definition) is 2. The number of aryl methyl sites for hydroxylation is 1. The van der Waals surface area contributed by atoms with Crippen LogP contribution in [-0.2, 0) is 0 Å². The minimum atomic E-state index is 0.0228. The molecule has 0 aliphatic carbocycles. The van der Waals surface area contributed by atoms with Crippen LogP contribution in [0.25, 0.3) is 0 Å². The molecule has 0 bridgehead atoms. The molecule has 2 aromatic rings. The molecule has 2 aromatic carbocycles. The fraction of sp³-hybridized carbons (Fsp3) is 0.133. The summed E-state index contributed by atoms with van der Waals surface area (Å²) < 4.78 is 6.51. The molecule has 0 amide bonds. The molecule has 2 rings (SSSR count). The number of benzene rings is 2. The first kappa shape index (κ1) is 14.1. The summed E-state index contributed by atoms with van der Waals surface area (Å²) in [5.41, 5.74) is 1.60. The van der Waals surface area contributed by atoms with Crippen LogP contribution in [0.5, 0.6) is 11.5 Å². The SMILES string of the molecule is CC(=O)c1ccc(Oc2ccc(Cl)c(C)c2)c(Br)c1. The Hall–Kier alpha value is -1.32. The van der Waals surface area contributed by atoms with E-state index in [4.69, 9.17) is 16.3 Å². The number of ether oxygens (including phenoxy) is 1. The van der Waals surface area contributed by atoms with E-state index in [1.54, 1.807) is 30.3 Å². The van der Waals surface area contributed by atoms with Gasteiger partial charge in [-0.1, -0.05) is 11.6 Å². The minimum Gasteiger partial charge on any atom is -0.456 e. The van der Waals surface area contributed by atoms with Gasteiger partial charge in [-0.15, -0.1) is 0 Å². The van der Waals surface area contributed by atoms with Crippen LogP contribution in [0.2, 0.25) is 5.02 Å². The van der Waals surface area contributed by atoms with Crippen molar-refractivity contribution in [2.75, 3.05) is 0 Å². The van der Waals surface area contributed by atoms with Crippen LogP contribution in [0, 0.1) is 6.92 Å². The number of hydrogen-bond donors (Lipinski definition) is 0. The summed E-state index contributed by atoms with van der Waals surface area (Å²) in [6.07, 6.45) is 0. The van der Waals surface area contributed by atoms with Gasteiger partial charge in [0.25, 0.3) is 0 Å². The fourth-order valence-electron chi connectivity index (χ4n) is 1.61. The van der Waals surface area contributed by atoms with Crippen LogP contribution in [0.4, 0.5) is 0 Å². The molecule has 0 saturated carbocycles. The van der Waals surface area contributed by atoms with Crippen LogP contribution >= 0.6 is 27.5 Å². The summed E-state index contributed by atoms with van der Waals surface area (Å²) in [6, 6.07) is 10.7. The molecular formula is C15H12BrClO2. The molecule has 0 heterocycles. The van der Waals surface area contributed by atoms with Crippen molar-refractivity contribution in [3.63, 3.8) is 0 Å². The quantitative estimate of drug-likeness (QED) is 0.699. The lowest BCUT2D eigenvalue weighted by molar-refractivity contribution is 0.101. The van der Waals surface area contributed by atoms with Crippen molar-refractivity contribution in [3.05, 3.63) is 57.0 Å². The molecule has 19 heavy (non-hydrogen) atoms. The maximum atomic E-state index is 11.3. The van der Waals surface area contributed by atoms with E-state index in [9.17, 15) is 4.79 Å². The highest BCUT2D eigenvalue weighted by Gasteiger charge is 2.07. The van der Waals surface area contributed by atoms with E-state index in [1.165, 1.54) is 6.92 Å². The number of halogens is 2. The Morgan fingerprint density at radius 3 is 2.53 bits per heavy atom. The van der Waals surface area contributed by atoms with Crippen molar-refractivity contribution in [2.45, 2.75) is 13.8 Å². The van der Waals surface area contributed by atoms with Gasteiger partial charge >= 0.3 is 0 Å². The standard InChI is InChI=1S/C15H12BrClO2/c1-9-7-12(4-5-14(9)17)19-15-6-3-11(10(2)18)8-13(15)16/h3-8H,1-2H3. The summed E-state index contributed by atoms with van der Waals surface area (Å²) in [4.78, 5) is 11.3. The van der Waals surface area contributed by atoms with Crippen molar-refractivity contribution in [3.8, 4) is 11.5 Å². The monoisotopic (exact) mass is 338 g/mol. The maximum Gasteiger partial charge on any atom is 0.159 e. The van der Waals surface area contributed by atoms with Gasteiger partial charge in [-0.25, -0.2) is 0 Å². The highest BCUT2D eigenvalue weighted by Crippen LogP contribution is 2.32. The first-order chi connectivity index (χ1) is 8.97. The molecule has 98 valence electrons. The Morgan fingerprint density at radius 1 is 1.21 bits per heavy atom. The van der Waals surface area contributed by atoms with Crippen molar-refractivity contribution in [1.29, 1.82) is 0 Å². The third kappa shape index (κ3) is 3.37. The zero-order valence-electron chi connectivity index (χ0n) is 10.5. The summed E-state index contributed by atoms with van der Waals surface area (Å²) >= 11 is 9.37. The number of rotatable bonds is 3. The van der Waals surface area contributed by atoms with Gasteiger partial charge in [-0.2, -0.15) is 0 Å².